The van der Waals surface area contributed by atoms with Crippen molar-refractivity contribution >= 4 is 0 Å². The maximum Gasteiger partial charge on any atom is 0.330 e. The third-order valence-corrected chi connectivity index (χ3v) is 3.61. The van der Waals surface area contributed by atoms with Crippen molar-refractivity contribution in [1.29, 1.82) is 5.26 Å². The number of aromatic nitrogens is 2. The van der Waals surface area contributed by atoms with Crippen LogP contribution in [0.5, 0.6) is 5.88 Å². The molecule has 3 rings (SSSR count). The van der Waals surface area contributed by atoms with Gasteiger partial charge in [0.1, 0.15) is 11.6 Å². The Labute approximate surface area is 124 Å². The summed E-state index contributed by atoms with van der Waals surface area (Å²) in [7, 11) is 1.36. The Kier molecular flexibility index (Phi) is 3.07. The summed E-state index contributed by atoms with van der Waals surface area (Å²) < 4.78 is 6.21. The van der Waals surface area contributed by atoms with E-state index in [9.17, 15) is 14.9 Å². The highest BCUT2D eigenvalue weighted by Gasteiger charge is 2.34. The summed E-state index contributed by atoms with van der Waals surface area (Å²) in [4.78, 5) is 26.7. The standard InChI is InChI=1S/C15H12N4O3/c1-19-14(20)11-10(8-5-3-2-4-6-8)9(7-16)12(17)22-13(11)18-15(19)21/h2-6,10H,17H2,1H3,(H,18,21)/t10-/m1/s1. The number of nitrogens with one attached hydrogen (secondary N) is 1. The number of hydrogen-bond donors (Lipinski definition) is 2. The predicted octanol–water partition coefficient (Wildman–Crippen LogP) is 0.292. The average Bonchev–Trinajstić information content (AvgIpc) is 2.52. The summed E-state index contributed by atoms with van der Waals surface area (Å²) >= 11 is 0. The minimum atomic E-state index is -0.675. The molecule has 1 aliphatic heterocycles. The number of nitrogens with two attached hydrogens (primary N) is 1. The minimum Gasteiger partial charge on any atom is -0.424 e. The molecule has 1 aliphatic rings. The maximum atomic E-state index is 12.5. The van der Waals surface area contributed by atoms with Crippen LogP contribution in [0.25, 0.3) is 0 Å². The highest BCUT2D eigenvalue weighted by molar-refractivity contribution is 5.52. The zero-order chi connectivity index (χ0) is 15.9. The number of nitriles is 1. The Morgan fingerprint density at radius 2 is 2.00 bits per heavy atom. The van der Waals surface area contributed by atoms with Gasteiger partial charge in [0.15, 0.2) is 0 Å². The second-order valence-electron chi connectivity index (χ2n) is 4.87. The van der Waals surface area contributed by atoms with Crippen LogP contribution in [0.15, 0.2) is 51.4 Å². The molecule has 110 valence electrons. The van der Waals surface area contributed by atoms with Gasteiger partial charge in [-0.1, -0.05) is 30.3 Å². The lowest BCUT2D eigenvalue weighted by atomic mass is 9.85. The van der Waals surface area contributed by atoms with Gasteiger partial charge in [-0.3, -0.25) is 14.3 Å². The van der Waals surface area contributed by atoms with Gasteiger partial charge in [-0.25, -0.2) is 4.79 Å². The van der Waals surface area contributed by atoms with Crippen LogP contribution in [-0.4, -0.2) is 9.55 Å². The molecule has 7 nitrogen and oxygen atoms in total. The van der Waals surface area contributed by atoms with Gasteiger partial charge in [0.05, 0.1) is 11.5 Å². The number of hydrogen-bond acceptors (Lipinski definition) is 5. The van der Waals surface area contributed by atoms with Crippen molar-refractivity contribution in [2.75, 3.05) is 0 Å². The van der Waals surface area contributed by atoms with Crippen molar-refractivity contribution in [1.82, 2.24) is 9.55 Å². The van der Waals surface area contributed by atoms with Crippen molar-refractivity contribution < 1.29 is 4.74 Å². The lowest BCUT2D eigenvalue weighted by Gasteiger charge is -2.25. The van der Waals surface area contributed by atoms with Gasteiger partial charge in [-0.05, 0) is 5.56 Å². The number of H-pyrrole nitrogens is 1. The fraction of sp³-hybridized carbons (Fsp3) is 0.133. The number of allylic oxidation sites excluding steroid dienone is 1. The van der Waals surface area contributed by atoms with Gasteiger partial charge in [0.25, 0.3) is 5.56 Å². The Morgan fingerprint density at radius 3 is 2.64 bits per heavy atom. The average molecular weight is 296 g/mol. The molecule has 0 saturated carbocycles. The van der Waals surface area contributed by atoms with Crippen molar-refractivity contribution in [3.05, 3.63) is 73.8 Å². The summed E-state index contributed by atoms with van der Waals surface area (Å²) in [6, 6.07) is 11.0. The number of benzene rings is 1. The van der Waals surface area contributed by atoms with Crippen LogP contribution in [0.2, 0.25) is 0 Å². The third-order valence-electron chi connectivity index (χ3n) is 3.61. The molecule has 0 bridgehead atoms. The Balaban J connectivity index is 2.38. The van der Waals surface area contributed by atoms with Crippen LogP contribution in [0.4, 0.5) is 0 Å². The molecule has 0 unspecified atom stereocenters. The fourth-order valence-corrected chi connectivity index (χ4v) is 2.50. The highest BCUT2D eigenvalue weighted by Crippen LogP contribution is 2.38. The lowest BCUT2D eigenvalue weighted by Crippen LogP contribution is -2.39. The van der Waals surface area contributed by atoms with E-state index in [-0.39, 0.29) is 22.9 Å². The van der Waals surface area contributed by atoms with Crippen LogP contribution in [0.1, 0.15) is 17.0 Å². The first-order valence-corrected chi connectivity index (χ1v) is 6.50. The van der Waals surface area contributed by atoms with Gasteiger partial charge in [-0.2, -0.15) is 5.26 Å². The number of aromatic amines is 1. The molecule has 0 spiro atoms. The van der Waals surface area contributed by atoms with E-state index < -0.39 is 17.2 Å². The molecule has 0 saturated heterocycles. The maximum absolute atomic E-state index is 12.5. The largest absolute Gasteiger partial charge is 0.424 e. The second-order valence-corrected chi connectivity index (χ2v) is 4.87. The molecule has 22 heavy (non-hydrogen) atoms. The van der Waals surface area contributed by atoms with Gasteiger partial charge in [0, 0.05) is 7.05 Å². The van der Waals surface area contributed by atoms with Gasteiger partial charge in [0.2, 0.25) is 11.8 Å². The van der Waals surface area contributed by atoms with Crippen molar-refractivity contribution in [2.24, 2.45) is 12.8 Å². The van der Waals surface area contributed by atoms with Crippen LogP contribution in [0.3, 0.4) is 0 Å². The molecule has 2 heterocycles. The summed E-state index contributed by atoms with van der Waals surface area (Å²) in [6.07, 6.45) is 0. The first-order chi connectivity index (χ1) is 10.5. The minimum absolute atomic E-state index is 0.0153. The quantitative estimate of drug-likeness (QED) is 0.785. The Hall–Kier alpha value is -3.27. The molecule has 1 atom stereocenters. The summed E-state index contributed by atoms with van der Waals surface area (Å²) in [5.74, 6) is -0.809. The number of rotatable bonds is 1. The molecule has 2 aromatic rings. The van der Waals surface area contributed by atoms with Crippen LogP contribution < -0.4 is 21.7 Å². The topological polar surface area (TPSA) is 114 Å². The molecule has 1 aromatic heterocycles. The van der Waals surface area contributed by atoms with E-state index in [1.165, 1.54) is 7.05 Å². The number of fused-ring (bicyclic) bond motifs is 1. The summed E-state index contributed by atoms with van der Waals surface area (Å²) in [6.45, 7) is 0. The monoisotopic (exact) mass is 296 g/mol. The SMILES string of the molecule is Cn1c(=O)[nH]c2c(c1=O)[C@H](c1ccccc1)C(C#N)=C(N)O2. The molecular weight excluding hydrogens is 284 g/mol. The molecule has 0 aliphatic carbocycles. The van der Waals surface area contributed by atoms with E-state index in [0.717, 1.165) is 10.1 Å². The van der Waals surface area contributed by atoms with E-state index in [2.05, 4.69) is 4.98 Å². The summed E-state index contributed by atoms with van der Waals surface area (Å²) in [5.41, 5.74) is 5.70. The van der Waals surface area contributed by atoms with Crippen LogP contribution >= 0.6 is 0 Å². The van der Waals surface area contributed by atoms with Gasteiger partial charge >= 0.3 is 5.69 Å². The molecular formula is C15H12N4O3. The Morgan fingerprint density at radius 1 is 1.32 bits per heavy atom. The number of ether oxygens (including phenoxy) is 1. The fourth-order valence-electron chi connectivity index (χ4n) is 2.50. The van der Waals surface area contributed by atoms with E-state index >= 15 is 0 Å². The van der Waals surface area contributed by atoms with Gasteiger partial charge in [-0.15, -0.1) is 0 Å². The Bertz CT molecular complexity index is 932. The smallest absolute Gasteiger partial charge is 0.330 e. The molecule has 0 amide bonds. The summed E-state index contributed by atoms with van der Waals surface area (Å²) in [5, 5.41) is 9.38. The number of nitrogens with zero attached hydrogens (tertiary/aromatic N) is 2. The molecule has 3 N–H and O–H groups in total. The second kappa shape index (κ2) is 4.93. The first kappa shape index (κ1) is 13.7. The van der Waals surface area contributed by atoms with E-state index in [1.54, 1.807) is 24.3 Å². The van der Waals surface area contributed by atoms with E-state index in [0.29, 0.717) is 0 Å². The van der Waals surface area contributed by atoms with Crippen molar-refractivity contribution in [3.63, 3.8) is 0 Å². The van der Waals surface area contributed by atoms with Crippen LogP contribution in [0, 0.1) is 11.3 Å². The van der Waals surface area contributed by atoms with E-state index in [4.69, 9.17) is 10.5 Å². The first-order valence-electron chi connectivity index (χ1n) is 6.50. The predicted molar refractivity (Wildman–Crippen MR) is 78.0 cm³/mol. The van der Waals surface area contributed by atoms with E-state index in [1.807, 2.05) is 12.1 Å². The molecule has 0 fully saturated rings. The zero-order valence-electron chi connectivity index (χ0n) is 11.7. The third kappa shape index (κ3) is 1.90. The van der Waals surface area contributed by atoms with Crippen molar-refractivity contribution in [3.8, 4) is 11.9 Å². The normalized spacial score (nSPS) is 16.6. The molecule has 1 aromatic carbocycles. The van der Waals surface area contributed by atoms with Crippen molar-refractivity contribution in [2.45, 2.75) is 5.92 Å². The highest BCUT2D eigenvalue weighted by atomic mass is 16.5. The lowest BCUT2D eigenvalue weighted by molar-refractivity contribution is 0.370. The molecule has 7 heteroatoms. The zero-order valence-corrected chi connectivity index (χ0v) is 11.7. The van der Waals surface area contributed by atoms with Crippen LogP contribution in [-0.2, 0) is 7.05 Å². The van der Waals surface area contributed by atoms with Gasteiger partial charge < -0.3 is 10.5 Å². The molecule has 0 radical (unpaired) electrons.